The van der Waals surface area contributed by atoms with E-state index in [4.69, 9.17) is 5.41 Å². The van der Waals surface area contributed by atoms with Crippen molar-refractivity contribution in [1.29, 1.82) is 5.41 Å². The van der Waals surface area contributed by atoms with Gasteiger partial charge in [0.25, 0.3) is 10.0 Å². The van der Waals surface area contributed by atoms with E-state index in [-0.39, 0.29) is 27.6 Å². The molecular weight excluding hydrogens is 433 g/mol. The number of pyridine rings is 1. The molecule has 2 N–H and O–H groups in total. The Morgan fingerprint density at radius 3 is 2.48 bits per heavy atom. The molecule has 0 saturated heterocycles. The molecular formula is C23H18FN3O2S2. The minimum atomic E-state index is -3.96. The number of hydrogen-bond donors (Lipinski definition) is 2. The predicted octanol–water partition coefficient (Wildman–Crippen LogP) is 5.47. The van der Waals surface area contributed by atoms with Gasteiger partial charge in [-0.15, -0.1) is 0 Å². The highest BCUT2D eigenvalue weighted by Crippen LogP contribution is 2.32. The molecule has 4 rings (SSSR count). The summed E-state index contributed by atoms with van der Waals surface area (Å²) in [5.74, 6) is -0.600. The van der Waals surface area contributed by atoms with Crippen LogP contribution in [0.15, 0.2) is 82.5 Å². The van der Waals surface area contributed by atoms with Gasteiger partial charge in [-0.1, -0.05) is 29.8 Å². The Balaban J connectivity index is 1.87. The van der Waals surface area contributed by atoms with Crippen LogP contribution in [0.25, 0.3) is 11.1 Å². The summed E-state index contributed by atoms with van der Waals surface area (Å²) in [7, 11) is -3.96. The smallest absolute Gasteiger partial charge is 0.263 e. The van der Waals surface area contributed by atoms with Crippen molar-refractivity contribution in [2.75, 3.05) is 4.72 Å². The number of nitrogens with one attached hydrogen (secondary N) is 2. The number of aryl methyl sites for hydroxylation is 1. The molecule has 0 amide bonds. The summed E-state index contributed by atoms with van der Waals surface area (Å²) in [5.41, 5.74) is 2.42. The van der Waals surface area contributed by atoms with E-state index in [1.165, 1.54) is 47.9 Å². The van der Waals surface area contributed by atoms with Crippen LogP contribution < -0.4 is 4.72 Å². The van der Waals surface area contributed by atoms with Crippen LogP contribution in [0.5, 0.6) is 0 Å². The molecule has 2 aromatic heterocycles. The largest absolute Gasteiger partial charge is 0.299 e. The molecule has 2 aromatic carbocycles. The van der Waals surface area contributed by atoms with Crippen LogP contribution in [0.2, 0.25) is 0 Å². The third-order valence-electron chi connectivity index (χ3n) is 4.74. The van der Waals surface area contributed by atoms with Crippen molar-refractivity contribution in [2.45, 2.75) is 11.8 Å². The Morgan fingerprint density at radius 1 is 1.06 bits per heavy atom. The van der Waals surface area contributed by atoms with Gasteiger partial charge < -0.3 is 0 Å². The highest BCUT2D eigenvalue weighted by atomic mass is 32.2. The van der Waals surface area contributed by atoms with Gasteiger partial charge in [-0.05, 0) is 65.2 Å². The first-order valence-electron chi connectivity index (χ1n) is 9.32. The third kappa shape index (κ3) is 4.26. The normalized spacial score (nSPS) is 11.3. The van der Waals surface area contributed by atoms with E-state index in [9.17, 15) is 12.8 Å². The number of halogens is 1. The Hall–Kier alpha value is -3.36. The van der Waals surface area contributed by atoms with Gasteiger partial charge in [0.15, 0.2) is 0 Å². The van der Waals surface area contributed by atoms with Gasteiger partial charge in [0.2, 0.25) is 0 Å². The maximum absolute atomic E-state index is 14.5. The lowest BCUT2D eigenvalue weighted by Gasteiger charge is -2.16. The van der Waals surface area contributed by atoms with Crippen LogP contribution in [0.1, 0.15) is 16.7 Å². The Labute approximate surface area is 183 Å². The Morgan fingerprint density at radius 2 is 1.81 bits per heavy atom. The topological polar surface area (TPSA) is 82.9 Å². The maximum Gasteiger partial charge on any atom is 0.263 e. The van der Waals surface area contributed by atoms with Crippen LogP contribution in [-0.4, -0.2) is 19.1 Å². The summed E-state index contributed by atoms with van der Waals surface area (Å²) in [6, 6.07) is 15.9. The second-order valence-electron chi connectivity index (χ2n) is 6.87. The highest BCUT2D eigenvalue weighted by Gasteiger charge is 2.23. The molecule has 0 aliphatic carbocycles. The van der Waals surface area contributed by atoms with Gasteiger partial charge in [0, 0.05) is 11.8 Å². The van der Waals surface area contributed by atoms with Crippen molar-refractivity contribution < 1.29 is 12.8 Å². The van der Waals surface area contributed by atoms with Crippen LogP contribution >= 0.6 is 11.3 Å². The monoisotopic (exact) mass is 451 g/mol. The Kier molecular flexibility index (Phi) is 5.67. The summed E-state index contributed by atoms with van der Waals surface area (Å²) in [4.78, 5) is 4.28. The standard InChI is InChI=1S/C23H18FN3O2S2/c1-15-6-8-17(9-7-15)31(28,29)27-23-21(22(25)19-4-2-3-5-20(19)24)18(10-12-26-23)16-11-13-30-14-16/h2-14,25H,1H3,(H,26,27). The second kappa shape index (κ2) is 8.41. The summed E-state index contributed by atoms with van der Waals surface area (Å²) in [5, 5.41) is 12.5. The van der Waals surface area contributed by atoms with Crippen LogP contribution in [0.3, 0.4) is 0 Å². The number of hydrogen-bond acceptors (Lipinski definition) is 5. The molecule has 0 fully saturated rings. The number of nitrogens with zero attached hydrogens (tertiary/aromatic N) is 1. The quantitative estimate of drug-likeness (QED) is 0.381. The zero-order valence-corrected chi connectivity index (χ0v) is 18.1. The number of aromatic nitrogens is 1. The van der Waals surface area contributed by atoms with Crippen molar-refractivity contribution in [2.24, 2.45) is 0 Å². The van der Waals surface area contributed by atoms with Gasteiger partial charge in [0.1, 0.15) is 11.6 Å². The van der Waals surface area contributed by atoms with Gasteiger partial charge in [-0.2, -0.15) is 11.3 Å². The molecule has 0 saturated carbocycles. The number of rotatable bonds is 6. The van der Waals surface area contributed by atoms with E-state index in [0.29, 0.717) is 5.56 Å². The third-order valence-corrected chi connectivity index (χ3v) is 6.78. The lowest BCUT2D eigenvalue weighted by atomic mass is 9.95. The lowest BCUT2D eigenvalue weighted by Crippen LogP contribution is -2.18. The molecule has 0 bridgehead atoms. The Bertz CT molecular complexity index is 1350. The van der Waals surface area contributed by atoms with E-state index in [2.05, 4.69) is 9.71 Å². The molecule has 156 valence electrons. The van der Waals surface area contributed by atoms with Crippen molar-refractivity contribution in [1.82, 2.24) is 4.98 Å². The van der Waals surface area contributed by atoms with E-state index in [1.807, 2.05) is 23.8 Å². The van der Waals surface area contributed by atoms with Crippen LogP contribution in [0, 0.1) is 18.2 Å². The zero-order chi connectivity index (χ0) is 22.0. The molecule has 31 heavy (non-hydrogen) atoms. The number of benzene rings is 2. The highest BCUT2D eigenvalue weighted by molar-refractivity contribution is 7.92. The van der Waals surface area contributed by atoms with Crippen molar-refractivity contribution in [3.63, 3.8) is 0 Å². The molecule has 0 aliphatic rings. The van der Waals surface area contributed by atoms with E-state index in [0.717, 1.165) is 11.1 Å². The molecule has 4 aromatic rings. The lowest BCUT2D eigenvalue weighted by molar-refractivity contribution is 0.601. The SMILES string of the molecule is Cc1ccc(S(=O)(=O)Nc2nccc(-c3ccsc3)c2C(=N)c2ccccc2F)cc1. The zero-order valence-electron chi connectivity index (χ0n) is 16.5. The van der Waals surface area contributed by atoms with Gasteiger partial charge in [-0.25, -0.2) is 17.8 Å². The minimum Gasteiger partial charge on any atom is -0.299 e. The molecule has 8 heteroatoms. The van der Waals surface area contributed by atoms with Crippen molar-refractivity contribution >= 4 is 32.9 Å². The molecule has 0 aliphatic heterocycles. The molecule has 0 atom stereocenters. The molecule has 0 unspecified atom stereocenters. The van der Waals surface area contributed by atoms with Crippen molar-refractivity contribution in [3.05, 3.63) is 100 Å². The van der Waals surface area contributed by atoms with E-state index >= 15 is 0 Å². The van der Waals surface area contributed by atoms with E-state index < -0.39 is 15.8 Å². The fourth-order valence-electron chi connectivity index (χ4n) is 3.15. The molecule has 0 radical (unpaired) electrons. The first-order chi connectivity index (χ1) is 14.9. The van der Waals surface area contributed by atoms with Gasteiger partial charge >= 0.3 is 0 Å². The average molecular weight is 452 g/mol. The summed E-state index contributed by atoms with van der Waals surface area (Å²) < 4.78 is 43.0. The minimum absolute atomic E-state index is 0.0301. The molecule has 5 nitrogen and oxygen atoms in total. The van der Waals surface area contributed by atoms with Gasteiger partial charge in [-0.3, -0.25) is 10.1 Å². The predicted molar refractivity (Wildman–Crippen MR) is 122 cm³/mol. The molecule has 0 spiro atoms. The fraction of sp³-hybridized carbons (Fsp3) is 0.0435. The van der Waals surface area contributed by atoms with Crippen LogP contribution in [-0.2, 0) is 10.0 Å². The number of anilines is 1. The van der Waals surface area contributed by atoms with Crippen molar-refractivity contribution in [3.8, 4) is 11.1 Å². The van der Waals surface area contributed by atoms with Gasteiger partial charge in [0.05, 0.1) is 16.2 Å². The first kappa shape index (κ1) is 20.9. The average Bonchev–Trinajstić information content (AvgIpc) is 3.28. The number of sulfonamides is 1. The summed E-state index contributed by atoms with van der Waals surface area (Å²) >= 11 is 1.47. The molecule has 2 heterocycles. The van der Waals surface area contributed by atoms with Crippen LogP contribution in [0.4, 0.5) is 10.2 Å². The summed E-state index contributed by atoms with van der Waals surface area (Å²) in [6.45, 7) is 1.86. The van der Waals surface area contributed by atoms with E-state index in [1.54, 1.807) is 24.3 Å². The fourth-order valence-corrected chi connectivity index (χ4v) is 4.83. The summed E-state index contributed by atoms with van der Waals surface area (Å²) in [6.07, 6.45) is 1.47. The first-order valence-corrected chi connectivity index (χ1v) is 11.7. The maximum atomic E-state index is 14.5. The second-order valence-corrected chi connectivity index (χ2v) is 9.33. The number of thiophene rings is 1.